The minimum absolute atomic E-state index is 0.0978. The van der Waals surface area contributed by atoms with Gasteiger partial charge in [-0.25, -0.2) is 0 Å². The molecule has 0 unspecified atom stereocenters. The molecule has 1 saturated heterocycles. The zero-order valence-electron chi connectivity index (χ0n) is 11.6. The van der Waals surface area contributed by atoms with Crippen LogP contribution >= 0.6 is 0 Å². The summed E-state index contributed by atoms with van der Waals surface area (Å²) in [6, 6.07) is 9.52. The maximum atomic E-state index is 12.3. The Kier molecular flexibility index (Phi) is 4.56. The third-order valence-electron chi connectivity index (χ3n) is 3.39. The molecule has 1 amide bonds. The summed E-state index contributed by atoms with van der Waals surface area (Å²) < 4.78 is 5.63. The van der Waals surface area contributed by atoms with Crippen molar-refractivity contribution < 1.29 is 9.53 Å². The van der Waals surface area contributed by atoms with Crippen molar-refractivity contribution in [3.63, 3.8) is 0 Å². The average Bonchev–Trinajstić information content (AvgIpc) is 2.38. The maximum Gasteiger partial charge on any atom is 0.224 e. The van der Waals surface area contributed by atoms with E-state index in [1.54, 1.807) is 0 Å². The Balaban J connectivity index is 1.93. The summed E-state index contributed by atoms with van der Waals surface area (Å²) in [6.07, 6.45) is 0.546. The van der Waals surface area contributed by atoms with Crippen molar-refractivity contribution in [2.45, 2.75) is 38.5 Å². The van der Waals surface area contributed by atoms with E-state index in [1.165, 1.54) is 0 Å². The zero-order valence-corrected chi connectivity index (χ0v) is 11.6. The Bertz CT molecular complexity index is 411. The molecule has 0 bridgehead atoms. The number of hydrogen-bond acceptors (Lipinski definition) is 3. The van der Waals surface area contributed by atoms with Crippen molar-refractivity contribution in [2.24, 2.45) is 5.73 Å². The molecule has 0 radical (unpaired) electrons. The lowest BCUT2D eigenvalue weighted by Gasteiger charge is -2.35. The van der Waals surface area contributed by atoms with Crippen LogP contribution in [0, 0.1) is 0 Å². The third-order valence-corrected chi connectivity index (χ3v) is 3.39. The minimum atomic E-state index is -0.234. The molecule has 2 N–H and O–H groups in total. The molecule has 2 rings (SSSR count). The van der Waals surface area contributed by atoms with Gasteiger partial charge in [0.15, 0.2) is 0 Å². The molecule has 1 aliphatic heterocycles. The Labute approximate surface area is 114 Å². The van der Waals surface area contributed by atoms with E-state index in [9.17, 15) is 4.79 Å². The number of ether oxygens (including phenoxy) is 1. The Hall–Kier alpha value is -1.39. The molecule has 4 nitrogen and oxygen atoms in total. The van der Waals surface area contributed by atoms with E-state index >= 15 is 0 Å². The summed E-state index contributed by atoms with van der Waals surface area (Å²) in [7, 11) is 0. The van der Waals surface area contributed by atoms with Gasteiger partial charge < -0.3 is 15.4 Å². The lowest BCUT2D eigenvalue weighted by Crippen LogP contribution is -2.48. The number of hydrogen-bond donors (Lipinski definition) is 1. The Morgan fingerprint density at radius 3 is 2.47 bits per heavy atom. The standard InChI is InChI=1S/C15H22N2O2/c1-11-9-17(10-12(2)19-11)15(18)8-14(16)13-6-4-3-5-7-13/h3-7,11-12,14H,8-10,16H2,1-2H3/t11-,12+,14-/m1/s1. The van der Waals surface area contributed by atoms with Crippen LogP contribution in [0.5, 0.6) is 0 Å². The van der Waals surface area contributed by atoms with Gasteiger partial charge in [-0.2, -0.15) is 0 Å². The molecule has 3 atom stereocenters. The summed E-state index contributed by atoms with van der Waals surface area (Å²) in [5.41, 5.74) is 7.10. The first kappa shape index (κ1) is 14.0. The maximum absolute atomic E-state index is 12.3. The number of benzene rings is 1. The van der Waals surface area contributed by atoms with Gasteiger partial charge in [-0.05, 0) is 19.4 Å². The fraction of sp³-hybridized carbons (Fsp3) is 0.533. The molecule has 4 heteroatoms. The topological polar surface area (TPSA) is 55.6 Å². The van der Waals surface area contributed by atoms with E-state index in [-0.39, 0.29) is 24.2 Å². The average molecular weight is 262 g/mol. The van der Waals surface area contributed by atoms with Crippen LogP contribution in [0.2, 0.25) is 0 Å². The van der Waals surface area contributed by atoms with Crippen LogP contribution in [0.4, 0.5) is 0 Å². The summed E-state index contributed by atoms with van der Waals surface area (Å²) in [5.74, 6) is 0.110. The van der Waals surface area contributed by atoms with E-state index in [0.717, 1.165) is 5.56 Å². The molecule has 0 aliphatic carbocycles. The van der Waals surface area contributed by atoms with Crippen LogP contribution in [0.1, 0.15) is 31.9 Å². The second kappa shape index (κ2) is 6.17. The van der Waals surface area contributed by atoms with Gasteiger partial charge in [0.25, 0.3) is 0 Å². The third kappa shape index (κ3) is 3.78. The Morgan fingerprint density at radius 2 is 1.89 bits per heavy atom. The quantitative estimate of drug-likeness (QED) is 0.902. The highest BCUT2D eigenvalue weighted by molar-refractivity contribution is 5.77. The smallest absolute Gasteiger partial charge is 0.224 e. The van der Waals surface area contributed by atoms with Gasteiger partial charge in [0.2, 0.25) is 5.91 Å². The van der Waals surface area contributed by atoms with Gasteiger partial charge in [-0.15, -0.1) is 0 Å². The van der Waals surface area contributed by atoms with Gasteiger partial charge in [0, 0.05) is 25.6 Å². The van der Waals surface area contributed by atoms with E-state index in [2.05, 4.69) is 0 Å². The summed E-state index contributed by atoms with van der Waals surface area (Å²) in [4.78, 5) is 14.1. The van der Waals surface area contributed by atoms with Gasteiger partial charge in [0.05, 0.1) is 12.2 Å². The SMILES string of the molecule is C[C@@H]1CN(C(=O)C[C@@H](N)c2ccccc2)C[C@H](C)O1. The van der Waals surface area contributed by atoms with Crippen molar-refractivity contribution in [2.75, 3.05) is 13.1 Å². The molecule has 1 aliphatic rings. The van der Waals surface area contributed by atoms with Gasteiger partial charge in [0.1, 0.15) is 0 Å². The first-order valence-corrected chi connectivity index (χ1v) is 6.80. The number of nitrogens with two attached hydrogens (primary N) is 1. The van der Waals surface area contributed by atoms with E-state index in [1.807, 2.05) is 49.1 Å². The Morgan fingerprint density at radius 1 is 1.32 bits per heavy atom. The first-order chi connectivity index (χ1) is 9.06. The first-order valence-electron chi connectivity index (χ1n) is 6.80. The predicted molar refractivity (Wildman–Crippen MR) is 74.6 cm³/mol. The zero-order chi connectivity index (χ0) is 13.8. The van der Waals surface area contributed by atoms with E-state index in [0.29, 0.717) is 19.5 Å². The molecular formula is C15H22N2O2. The lowest BCUT2D eigenvalue weighted by molar-refractivity contribution is -0.143. The molecule has 104 valence electrons. The second-order valence-electron chi connectivity index (χ2n) is 5.28. The number of amides is 1. The fourth-order valence-electron chi connectivity index (χ4n) is 2.52. The van der Waals surface area contributed by atoms with Crippen LogP contribution in [-0.4, -0.2) is 36.1 Å². The lowest BCUT2D eigenvalue weighted by atomic mass is 10.0. The van der Waals surface area contributed by atoms with Crippen molar-refractivity contribution >= 4 is 5.91 Å². The summed E-state index contributed by atoms with van der Waals surface area (Å²) in [5, 5.41) is 0. The molecule has 19 heavy (non-hydrogen) atoms. The highest BCUT2D eigenvalue weighted by atomic mass is 16.5. The van der Waals surface area contributed by atoms with Crippen LogP contribution in [-0.2, 0) is 9.53 Å². The van der Waals surface area contributed by atoms with Gasteiger partial charge in [-0.1, -0.05) is 30.3 Å². The molecule has 1 aromatic carbocycles. The molecule has 0 aromatic heterocycles. The molecule has 1 heterocycles. The van der Waals surface area contributed by atoms with Gasteiger partial charge in [-0.3, -0.25) is 4.79 Å². The number of carbonyl (C=O) groups is 1. The molecule has 1 aromatic rings. The number of nitrogens with zero attached hydrogens (tertiary/aromatic N) is 1. The molecular weight excluding hydrogens is 240 g/mol. The van der Waals surface area contributed by atoms with E-state index < -0.39 is 0 Å². The normalized spacial score (nSPS) is 25.1. The summed E-state index contributed by atoms with van der Waals surface area (Å²) >= 11 is 0. The van der Waals surface area contributed by atoms with Crippen molar-refractivity contribution in [3.05, 3.63) is 35.9 Å². The largest absolute Gasteiger partial charge is 0.372 e. The molecule has 1 fully saturated rings. The van der Waals surface area contributed by atoms with Crippen LogP contribution < -0.4 is 5.73 Å². The predicted octanol–water partition coefficient (Wildman–Crippen LogP) is 1.71. The number of carbonyl (C=O) groups excluding carboxylic acids is 1. The van der Waals surface area contributed by atoms with Crippen LogP contribution in [0.15, 0.2) is 30.3 Å². The fourth-order valence-corrected chi connectivity index (χ4v) is 2.52. The second-order valence-corrected chi connectivity index (χ2v) is 5.28. The van der Waals surface area contributed by atoms with Crippen LogP contribution in [0.25, 0.3) is 0 Å². The summed E-state index contributed by atoms with van der Waals surface area (Å²) in [6.45, 7) is 5.30. The molecule has 0 spiro atoms. The van der Waals surface area contributed by atoms with Crippen molar-refractivity contribution in [3.8, 4) is 0 Å². The van der Waals surface area contributed by atoms with E-state index in [4.69, 9.17) is 10.5 Å². The minimum Gasteiger partial charge on any atom is -0.372 e. The number of rotatable bonds is 3. The van der Waals surface area contributed by atoms with Crippen molar-refractivity contribution in [1.29, 1.82) is 0 Å². The van der Waals surface area contributed by atoms with Crippen molar-refractivity contribution in [1.82, 2.24) is 4.90 Å². The monoisotopic (exact) mass is 262 g/mol. The highest BCUT2D eigenvalue weighted by Crippen LogP contribution is 2.17. The number of morpholine rings is 1. The van der Waals surface area contributed by atoms with Gasteiger partial charge >= 0.3 is 0 Å². The van der Waals surface area contributed by atoms with Crippen LogP contribution in [0.3, 0.4) is 0 Å². The highest BCUT2D eigenvalue weighted by Gasteiger charge is 2.26. The molecule has 0 saturated carbocycles.